The highest BCUT2D eigenvalue weighted by atomic mass is 16.5. The van der Waals surface area contributed by atoms with Crippen molar-refractivity contribution in [2.75, 3.05) is 27.2 Å². The number of hydrogen-bond acceptors (Lipinski definition) is 2. The van der Waals surface area contributed by atoms with Crippen LogP contribution in [-0.4, -0.2) is 50.3 Å². The minimum absolute atomic E-state index is 0.264. The summed E-state index contributed by atoms with van der Waals surface area (Å²) in [6.45, 7) is 10.3. The zero-order valence-corrected chi connectivity index (χ0v) is 13.5. The van der Waals surface area contributed by atoms with E-state index in [-0.39, 0.29) is 5.41 Å². The van der Waals surface area contributed by atoms with Crippen LogP contribution in [0.4, 0.5) is 0 Å². The van der Waals surface area contributed by atoms with E-state index in [1.807, 2.05) is 14.1 Å². The first-order valence-electron chi connectivity index (χ1n) is 7.65. The monoisotopic (exact) mass is 269 g/mol. The number of aliphatic imine (C=N–C) groups is 1. The Labute approximate surface area is 118 Å². The molecule has 0 aliphatic heterocycles. The van der Waals surface area contributed by atoms with Gasteiger partial charge in [0.25, 0.3) is 0 Å². The second kappa shape index (κ2) is 7.13. The van der Waals surface area contributed by atoms with Gasteiger partial charge in [-0.1, -0.05) is 13.8 Å². The fourth-order valence-electron chi connectivity index (χ4n) is 3.21. The Kier molecular flexibility index (Phi) is 6.11. The largest absolute Gasteiger partial charge is 0.378 e. The lowest BCUT2D eigenvalue weighted by atomic mass is 9.58. The smallest absolute Gasteiger partial charge is 0.193 e. The van der Waals surface area contributed by atoms with Gasteiger partial charge in [0.1, 0.15) is 0 Å². The van der Waals surface area contributed by atoms with Crippen molar-refractivity contribution in [3.8, 4) is 0 Å². The topological polar surface area (TPSA) is 36.9 Å². The average molecular weight is 269 g/mol. The Bertz CT molecular complexity index is 298. The predicted molar refractivity (Wildman–Crippen MR) is 81.6 cm³/mol. The Morgan fingerprint density at radius 2 is 1.89 bits per heavy atom. The minimum Gasteiger partial charge on any atom is -0.378 e. The molecule has 0 aromatic carbocycles. The molecule has 0 spiro atoms. The van der Waals surface area contributed by atoms with Gasteiger partial charge in [-0.2, -0.15) is 0 Å². The van der Waals surface area contributed by atoms with E-state index in [1.54, 1.807) is 0 Å². The summed E-state index contributed by atoms with van der Waals surface area (Å²) in [5.41, 5.74) is 0.264. The number of nitrogens with zero attached hydrogens (tertiary/aromatic N) is 2. The molecule has 1 saturated carbocycles. The van der Waals surface area contributed by atoms with Gasteiger partial charge in [-0.05, 0) is 33.1 Å². The Hall–Kier alpha value is -0.770. The number of rotatable bonds is 6. The van der Waals surface area contributed by atoms with Crippen molar-refractivity contribution < 1.29 is 4.74 Å². The van der Waals surface area contributed by atoms with Crippen LogP contribution in [0.1, 0.15) is 47.0 Å². The summed E-state index contributed by atoms with van der Waals surface area (Å²) in [4.78, 5) is 6.60. The molecule has 0 saturated heterocycles. The number of nitrogens with one attached hydrogen (secondary N) is 1. The molecule has 1 fully saturated rings. The van der Waals surface area contributed by atoms with Crippen LogP contribution >= 0.6 is 0 Å². The fraction of sp³-hybridized carbons (Fsp3) is 0.933. The summed E-state index contributed by atoms with van der Waals surface area (Å²) in [5.74, 6) is 0.994. The molecule has 1 rings (SSSR count). The SMILES string of the molecule is CCN=C(NC1CC(OCC)C1(CC)CC)N(C)C. The molecule has 2 unspecified atom stereocenters. The second-order valence-corrected chi connectivity index (χ2v) is 5.51. The molecule has 112 valence electrons. The highest BCUT2D eigenvalue weighted by Crippen LogP contribution is 2.48. The van der Waals surface area contributed by atoms with E-state index < -0.39 is 0 Å². The van der Waals surface area contributed by atoms with Crippen LogP contribution in [0.2, 0.25) is 0 Å². The molecule has 4 nitrogen and oxygen atoms in total. The number of ether oxygens (including phenoxy) is 1. The summed E-state index contributed by atoms with van der Waals surface area (Å²) < 4.78 is 5.91. The first-order valence-corrected chi connectivity index (χ1v) is 7.65. The lowest BCUT2D eigenvalue weighted by Crippen LogP contribution is -2.65. The first-order chi connectivity index (χ1) is 9.05. The highest BCUT2D eigenvalue weighted by Gasteiger charge is 2.53. The van der Waals surface area contributed by atoms with Crippen LogP contribution in [0.25, 0.3) is 0 Å². The molecule has 1 N–H and O–H groups in total. The summed E-state index contributed by atoms with van der Waals surface area (Å²) in [5, 5.41) is 3.63. The Morgan fingerprint density at radius 1 is 1.26 bits per heavy atom. The van der Waals surface area contributed by atoms with E-state index in [1.165, 1.54) is 0 Å². The van der Waals surface area contributed by atoms with Crippen molar-refractivity contribution in [2.45, 2.75) is 59.1 Å². The van der Waals surface area contributed by atoms with Gasteiger partial charge in [-0.3, -0.25) is 4.99 Å². The molecule has 4 heteroatoms. The minimum atomic E-state index is 0.264. The van der Waals surface area contributed by atoms with Gasteiger partial charge in [0, 0.05) is 38.7 Å². The third-order valence-electron chi connectivity index (χ3n) is 4.50. The summed E-state index contributed by atoms with van der Waals surface area (Å²) in [6, 6.07) is 0.478. The van der Waals surface area contributed by atoms with E-state index in [0.717, 1.165) is 38.4 Å². The summed E-state index contributed by atoms with van der Waals surface area (Å²) in [7, 11) is 4.08. The Balaban J connectivity index is 2.76. The molecule has 1 aliphatic carbocycles. The lowest BCUT2D eigenvalue weighted by molar-refractivity contribution is -0.133. The third-order valence-corrected chi connectivity index (χ3v) is 4.50. The maximum atomic E-state index is 5.91. The molecule has 0 bridgehead atoms. The van der Waals surface area contributed by atoms with Crippen molar-refractivity contribution in [1.82, 2.24) is 10.2 Å². The molecule has 0 aromatic heterocycles. The highest BCUT2D eigenvalue weighted by molar-refractivity contribution is 5.80. The van der Waals surface area contributed by atoms with Gasteiger partial charge in [-0.15, -0.1) is 0 Å². The number of guanidine groups is 1. The van der Waals surface area contributed by atoms with Crippen LogP contribution in [0.15, 0.2) is 4.99 Å². The van der Waals surface area contributed by atoms with Gasteiger partial charge in [0.15, 0.2) is 5.96 Å². The van der Waals surface area contributed by atoms with Crippen molar-refractivity contribution in [1.29, 1.82) is 0 Å². The quantitative estimate of drug-likeness (QED) is 0.594. The van der Waals surface area contributed by atoms with Gasteiger partial charge in [-0.25, -0.2) is 0 Å². The van der Waals surface area contributed by atoms with E-state index in [9.17, 15) is 0 Å². The van der Waals surface area contributed by atoms with Crippen molar-refractivity contribution in [3.63, 3.8) is 0 Å². The molecule has 0 aromatic rings. The second-order valence-electron chi connectivity index (χ2n) is 5.51. The molecule has 1 aliphatic rings. The van der Waals surface area contributed by atoms with Gasteiger partial charge in [0.05, 0.1) is 6.10 Å². The molecular formula is C15H31N3O. The van der Waals surface area contributed by atoms with Crippen LogP contribution in [0.5, 0.6) is 0 Å². The van der Waals surface area contributed by atoms with Crippen LogP contribution in [0, 0.1) is 5.41 Å². The van der Waals surface area contributed by atoms with E-state index in [4.69, 9.17) is 4.74 Å². The fourth-order valence-corrected chi connectivity index (χ4v) is 3.21. The molecular weight excluding hydrogens is 238 g/mol. The lowest BCUT2D eigenvalue weighted by Gasteiger charge is -2.55. The van der Waals surface area contributed by atoms with Crippen LogP contribution in [0.3, 0.4) is 0 Å². The van der Waals surface area contributed by atoms with E-state index in [0.29, 0.717) is 12.1 Å². The van der Waals surface area contributed by atoms with Gasteiger partial charge in [0.2, 0.25) is 0 Å². The van der Waals surface area contributed by atoms with Gasteiger partial charge < -0.3 is 15.0 Å². The molecule has 0 amide bonds. The average Bonchev–Trinajstić information content (AvgIpc) is 2.37. The maximum absolute atomic E-state index is 5.91. The predicted octanol–water partition coefficient (Wildman–Crippen LogP) is 2.50. The molecule has 19 heavy (non-hydrogen) atoms. The molecule has 0 radical (unpaired) electrons. The summed E-state index contributed by atoms with van der Waals surface area (Å²) >= 11 is 0. The van der Waals surface area contributed by atoms with Crippen LogP contribution < -0.4 is 5.32 Å². The van der Waals surface area contributed by atoms with Crippen LogP contribution in [-0.2, 0) is 4.74 Å². The zero-order chi connectivity index (χ0) is 14.5. The third kappa shape index (κ3) is 3.22. The van der Waals surface area contributed by atoms with Gasteiger partial charge >= 0.3 is 0 Å². The van der Waals surface area contributed by atoms with E-state index in [2.05, 4.69) is 42.9 Å². The standard InChI is InChI=1S/C15H31N3O/c1-7-15(8-2)12(11-13(15)19-10-4)17-14(16-9-3)18(5)6/h12-13H,7-11H2,1-6H3,(H,16,17). The van der Waals surface area contributed by atoms with Crippen molar-refractivity contribution in [3.05, 3.63) is 0 Å². The molecule has 2 atom stereocenters. The van der Waals surface area contributed by atoms with Crippen molar-refractivity contribution >= 4 is 5.96 Å². The summed E-state index contributed by atoms with van der Waals surface area (Å²) in [6.07, 6.45) is 3.79. The maximum Gasteiger partial charge on any atom is 0.193 e. The van der Waals surface area contributed by atoms with Crippen molar-refractivity contribution in [2.24, 2.45) is 10.4 Å². The number of hydrogen-bond donors (Lipinski definition) is 1. The normalized spacial score (nSPS) is 25.9. The Morgan fingerprint density at radius 3 is 2.32 bits per heavy atom. The first kappa shape index (κ1) is 16.3. The molecule has 0 heterocycles. The van der Waals surface area contributed by atoms with E-state index >= 15 is 0 Å². The zero-order valence-electron chi connectivity index (χ0n) is 13.5.